The van der Waals surface area contributed by atoms with Crippen molar-refractivity contribution in [1.82, 2.24) is 14.8 Å². The second-order valence-electron chi connectivity index (χ2n) is 5.51. The van der Waals surface area contributed by atoms with Crippen LogP contribution in [0.1, 0.15) is 25.8 Å². The smallest absolute Gasteiger partial charge is 0.344 e. The molecule has 1 aliphatic carbocycles. The number of nitrogens with zero attached hydrogens (tertiary/aromatic N) is 2. The third-order valence-electron chi connectivity index (χ3n) is 3.65. The maximum absolute atomic E-state index is 12.4. The molecule has 1 aromatic heterocycles. The average molecular weight is 369 g/mol. The molecule has 1 heterocycles. The predicted molar refractivity (Wildman–Crippen MR) is 93.1 cm³/mol. The molecule has 9 heteroatoms. The van der Waals surface area contributed by atoms with Gasteiger partial charge < -0.3 is 10.1 Å². The van der Waals surface area contributed by atoms with Crippen LogP contribution in [0.15, 0.2) is 28.2 Å². The molecule has 7 nitrogen and oxygen atoms in total. The molecule has 24 heavy (non-hydrogen) atoms. The number of nitrogens with one attached hydrogen (secondary N) is 2. The van der Waals surface area contributed by atoms with Gasteiger partial charge in [0.15, 0.2) is 5.16 Å². The summed E-state index contributed by atoms with van der Waals surface area (Å²) in [5.74, 6) is 0.348. The van der Waals surface area contributed by atoms with E-state index in [1.54, 1.807) is 29.7 Å². The molecule has 1 aromatic carbocycles. The van der Waals surface area contributed by atoms with Crippen molar-refractivity contribution in [2.75, 3.05) is 12.4 Å². The van der Waals surface area contributed by atoms with E-state index < -0.39 is 5.25 Å². The fraction of sp³-hybridized carbons (Fsp3) is 0.400. The number of amides is 1. The number of aromatic amines is 1. The van der Waals surface area contributed by atoms with Crippen molar-refractivity contribution in [3.63, 3.8) is 0 Å². The van der Waals surface area contributed by atoms with E-state index in [0.29, 0.717) is 21.6 Å². The molecule has 1 aliphatic rings. The summed E-state index contributed by atoms with van der Waals surface area (Å²) in [5.41, 5.74) is 0.356. The van der Waals surface area contributed by atoms with Gasteiger partial charge in [0, 0.05) is 11.7 Å². The minimum atomic E-state index is -0.418. The van der Waals surface area contributed by atoms with Gasteiger partial charge in [-0.15, -0.1) is 5.10 Å². The highest BCUT2D eigenvalue weighted by Gasteiger charge is 2.30. The zero-order valence-corrected chi connectivity index (χ0v) is 14.8. The highest BCUT2D eigenvalue weighted by molar-refractivity contribution is 8.00. The van der Waals surface area contributed by atoms with Gasteiger partial charge in [-0.2, -0.15) is 0 Å². The van der Waals surface area contributed by atoms with Crippen molar-refractivity contribution in [3.05, 3.63) is 33.7 Å². The molecule has 0 saturated heterocycles. The summed E-state index contributed by atoms with van der Waals surface area (Å²) in [7, 11) is 1.53. The van der Waals surface area contributed by atoms with Crippen molar-refractivity contribution in [2.24, 2.45) is 0 Å². The predicted octanol–water partition coefficient (Wildman–Crippen LogP) is 2.69. The van der Waals surface area contributed by atoms with Gasteiger partial charge in [-0.05, 0) is 38.0 Å². The van der Waals surface area contributed by atoms with E-state index >= 15 is 0 Å². The van der Waals surface area contributed by atoms with Gasteiger partial charge in [-0.1, -0.05) is 23.4 Å². The summed E-state index contributed by atoms with van der Waals surface area (Å²) in [6.45, 7) is 1.77. The van der Waals surface area contributed by atoms with Crippen molar-refractivity contribution < 1.29 is 9.53 Å². The number of aromatic nitrogens is 3. The van der Waals surface area contributed by atoms with Gasteiger partial charge in [-0.3, -0.25) is 9.36 Å². The highest BCUT2D eigenvalue weighted by Crippen LogP contribution is 2.37. The average Bonchev–Trinajstić information content (AvgIpc) is 3.31. The van der Waals surface area contributed by atoms with Crippen LogP contribution in [0, 0.1) is 0 Å². The third kappa shape index (κ3) is 3.59. The largest absolute Gasteiger partial charge is 0.495 e. The second-order valence-corrected chi connectivity index (χ2v) is 7.23. The van der Waals surface area contributed by atoms with Crippen LogP contribution in [-0.2, 0) is 4.79 Å². The van der Waals surface area contributed by atoms with Crippen LogP contribution in [0.25, 0.3) is 0 Å². The Hall–Kier alpha value is -1.93. The Morgan fingerprint density at radius 1 is 1.54 bits per heavy atom. The number of methoxy groups -OCH3 is 1. The molecule has 1 amide bonds. The lowest BCUT2D eigenvalue weighted by Crippen LogP contribution is -2.23. The quantitative estimate of drug-likeness (QED) is 0.765. The van der Waals surface area contributed by atoms with E-state index in [4.69, 9.17) is 16.3 Å². The number of halogens is 1. The fourth-order valence-corrected chi connectivity index (χ4v) is 3.41. The van der Waals surface area contributed by atoms with Gasteiger partial charge in [0.2, 0.25) is 5.91 Å². The summed E-state index contributed by atoms with van der Waals surface area (Å²) < 4.78 is 6.71. The molecule has 0 unspecified atom stereocenters. The lowest BCUT2D eigenvalue weighted by atomic mass is 10.3. The Balaban J connectivity index is 1.67. The Labute approximate surface area is 147 Å². The standard InChI is InChI=1S/C15H17ClN4O3S/c1-8(24-15-19-18-14(22)20(15)10-4-5-10)13(21)17-9-3-6-12(23-2)11(16)7-9/h3,6-8,10H,4-5H2,1-2H3,(H,17,21)(H,18,22)/t8-/m0/s1. The molecule has 1 saturated carbocycles. The molecule has 1 atom stereocenters. The summed E-state index contributed by atoms with van der Waals surface area (Å²) in [4.78, 5) is 24.1. The number of thioether (sulfide) groups is 1. The molecule has 0 spiro atoms. The number of benzene rings is 1. The van der Waals surface area contributed by atoms with Crippen molar-refractivity contribution in [1.29, 1.82) is 0 Å². The molecular weight excluding hydrogens is 352 g/mol. The normalized spacial score (nSPS) is 15.1. The minimum Gasteiger partial charge on any atom is -0.495 e. The van der Waals surface area contributed by atoms with E-state index in [0.717, 1.165) is 12.8 Å². The summed E-state index contributed by atoms with van der Waals surface area (Å²) in [6, 6.07) is 5.24. The first-order valence-electron chi connectivity index (χ1n) is 7.47. The van der Waals surface area contributed by atoms with Gasteiger partial charge in [-0.25, -0.2) is 9.89 Å². The second kappa shape index (κ2) is 6.90. The number of anilines is 1. The van der Waals surface area contributed by atoms with E-state index in [1.165, 1.54) is 18.9 Å². The van der Waals surface area contributed by atoms with Crippen molar-refractivity contribution >= 4 is 35.0 Å². The minimum absolute atomic E-state index is 0.195. The van der Waals surface area contributed by atoms with Crippen LogP contribution < -0.4 is 15.7 Å². The Morgan fingerprint density at radius 2 is 2.29 bits per heavy atom. The van der Waals surface area contributed by atoms with Crippen LogP contribution >= 0.6 is 23.4 Å². The molecule has 0 radical (unpaired) electrons. The lowest BCUT2D eigenvalue weighted by Gasteiger charge is -2.13. The molecule has 2 aromatic rings. The number of carbonyl (C=O) groups is 1. The van der Waals surface area contributed by atoms with E-state index in [-0.39, 0.29) is 17.6 Å². The molecular formula is C15H17ClN4O3S. The summed E-state index contributed by atoms with van der Waals surface area (Å²) in [5, 5.41) is 9.80. The number of ether oxygens (including phenoxy) is 1. The number of hydrogen-bond acceptors (Lipinski definition) is 5. The number of H-pyrrole nitrogens is 1. The Morgan fingerprint density at radius 3 is 2.92 bits per heavy atom. The number of carbonyl (C=O) groups excluding carboxylic acids is 1. The zero-order chi connectivity index (χ0) is 17.3. The molecule has 1 fully saturated rings. The topological polar surface area (TPSA) is 89.0 Å². The van der Waals surface area contributed by atoms with E-state index in [9.17, 15) is 9.59 Å². The highest BCUT2D eigenvalue weighted by atomic mass is 35.5. The van der Waals surface area contributed by atoms with Crippen LogP contribution in [0.4, 0.5) is 5.69 Å². The van der Waals surface area contributed by atoms with Crippen LogP contribution in [0.3, 0.4) is 0 Å². The zero-order valence-electron chi connectivity index (χ0n) is 13.2. The van der Waals surface area contributed by atoms with Crippen LogP contribution in [0.5, 0.6) is 5.75 Å². The van der Waals surface area contributed by atoms with Crippen molar-refractivity contribution in [3.8, 4) is 5.75 Å². The first kappa shape index (κ1) is 16.9. The molecule has 0 bridgehead atoms. The first-order valence-corrected chi connectivity index (χ1v) is 8.73. The molecule has 2 N–H and O–H groups in total. The third-order valence-corrected chi connectivity index (χ3v) is 5.02. The lowest BCUT2D eigenvalue weighted by molar-refractivity contribution is -0.115. The molecule has 3 rings (SSSR count). The Bertz CT molecular complexity index is 815. The fourth-order valence-electron chi connectivity index (χ4n) is 2.23. The van der Waals surface area contributed by atoms with Crippen LogP contribution in [-0.4, -0.2) is 33.0 Å². The van der Waals surface area contributed by atoms with Crippen molar-refractivity contribution in [2.45, 2.75) is 36.2 Å². The Kier molecular flexibility index (Phi) is 4.86. The maximum atomic E-state index is 12.4. The number of hydrogen-bond donors (Lipinski definition) is 2. The van der Waals surface area contributed by atoms with E-state index in [1.807, 2.05) is 0 Å². The maximum Gasteiger partial charge on any atom is 0.344 e. The van der Waals surface area contributed by atoms with Gasteiger partial charge in [0.25, 0.3) is 0 Å². The SMILES string of the molecule is COc1ccc(NC(=O)[C@H](C)Sc2n[nH]c(=O)n2C2CC2)cc1Cl. The van der Waals surface area contributed by atoms with Crippen LogP contribution in [0.2, 0.25) is 5.02 Å². The summed E-state index contributed by atoms with van der Waals surface area (Å²) in [6.07, 6.45) is 1.94. The number of rotatable bonds is 6. The molecule has 0 aliphatic heterocycles. The van der Waals surface area contributed by atoms with E-state index in [2.05, 4.69) is 15.5 Å². The van der Waals surface area contributed by atoms with Gasteiger partial charge >= 0.3 is 5.69 Å². The first-order chi connectivity index (χ1) is 11.5. The monoisotopic (exact) mass is 368 g/mol. The van der Waals surface area contributed by atoms with Gasteiger partial charge in [0.1, 0.15) is 5.75 Å². The molecule has 128 valence electrons. The van der Waals surface area contributed by atoms with Gasteiger partial charge in [0.05, 0.1) is 17.4 Å². The summed E-state index contributed by atoms with van der Waals surface area (Å²) >= 11 is 7.30.